The number of halogens is 1. The van der Waals surface area contributed by atoms with Gasteiger partial charge >= 0.3 is 6.03 Å². The van der Waals surface area contributed by atoms with Gasteiger partial charge in [-0.05, 0) is 44.4 Å². The molecule has 2 heterocycles. The van der Waals surface area contributed by atoms with Crippen LogP contribution in [0.3, 0.4) is 0 Å². The van der Waals surface area contributed by atoms with E-state index in [1.54, 1.807) is 11.0 Å². The number of anilines is 1. The third-order valence-corrected chi connectivity index (χ3v) is 5.18. The Balaban J connectivity index is 1.55. The highest BCUT2D eigenvalue weighted by Gasteiger charge is 2.25. The number of carbonyl (C=O) groups excluding carboxylic acids is 1. The standard InChI is InChI=1S/C20H27FN4O2/c1-14-12-25(13-15(2)27-14)19-4-3-17(9-18(19)21)11-23-20(26)24-7-5-16(10-22)6-8-24/h3-4,9,14-16H,5-8,11-13H2,1-2H3,(H,23,26)/t14-,15-/m1/s1. The summed E-state index contributed by atoms with van der Waals surface area (Å²) >= 11 is 0. The minimum atomic E-state index is -0.280. The minimum absolute atomic E-state index is 0.0429. The van der Waals surface area contributed by atoms with E-state index in [-0.39, 0.29) is 36.5 Å². The lowest BCUT2D eigenvalue weighted by Crippen LogP contribution is -2.45. The van der Waals surface area contributed by atoms with Crippen LogP contribution in [0.25, 0.3) is 0 Å². The molecular weight excluding hydrogens is 347 g/mol. The number of likely N-dealkylation sites (tertiary alicyclic amines) is 1. The van der Waals surface area contributed by atoms with Gasteiger partial charge in [0.25, 0.3) is 0 Å². The summed E-state index contributed by atoms with van der Waals surface area (Å²) in [4.78, 5) is 16.0. The predicted octanol–water partition coefficient (Wildman–Crippen LogP) is 2.88. The van der Waals surface area contributed by atoms with Crippen molar-refractivity contribution in [2.45, 2.75) is 45.4 Å². The number of carbonyl (C=O) groups is 1. The van der Waals surface area contributed by atoms with Crippen LogP contribution in [0.2, 0.25) is 0 Å². The van der Waals surface area contributed by atoms with Crippen LogP contribution >= 0.6 is 0 Å². The SMILES string of the molecule is C[C@@H]1CN(c2ccc(CNC(=O)N3CCC(C#N)CC3)cc2F)C[C@@H](C)O1. The zero-order valence-corrected chi connectivity index (χ0v) is 15.9. The van der Waals surface area contributed by atoms with E-state index in [1.165, 1.54) is 6.07 Å². The molecule has 2 aliphatic rings. The molecule has 0 saturated carbocycles. The molecule has 0 unspecified atom stereocenters. The molecule has 0 radical (unpaired) electrons. The van der Waals surface area contributed by atoms with Gasteiger partial charge < -0.3 is 19.9 Å². The Morgan fingerprint density at radius 3 is 2.56 bits per heavy atom. The number of morpholine rings is 1. The summed E-state index contributed by atoms with van der Waals surface area (Å²) in [6.45, 7) is 6.76. The molecule has 1 N–H and O–H groups in total. The van der Waals surface area contributed by atoms with E-state index in [9.17, 15) is 9.18 Å². The van der Waals surface area contributed by atoms with Gasteiger partial charge in [0, 0.05) is 38.6 Å². The Kier molecular flexibility index (Phi) is 6.17. The highest BCUT2D eigenvalue weighted by molar-refractivity contribution is 5.74. The van der Waals surface area contributed by atoms with Crippen LogP contribution in [0.1, 0.15) is 32.3 Å². The van der Waals surface area contributed by atoms with Gasteiger partial charge in [0.05, 0.1) is 24.0 Å². The first-order valence-corrected chi connectivity index (χ1v) is 9.57. The molecular formula is C20H27FN4O2. The summed E-state index contributed by atoms with van der Waals surface area (Å²) in [5.41, 5.74) is 1.30. The smallest absolute Gasteiger partial charge is 0.317 e. The molecule has 27 heavy (non-hydrogen) atoms. The Morgan fingerprint density at radius 1 is 1.30 bits per heavy atom. The molecule has 2 fully saturated rings. The van der Waals surface area contributed by atoms with Gasteiger partial charge in [-0.15, -0.1) is 0 Å². The maximum atomic E-state index is 14.6. The zero-order chi connectivity index (χ0) is 19.4. The first-order valence-electron chi connectivity index (χ1n) is 9.57. The number of ether oxygens (including phenoxy) is 1. The lowest BCUT2D eigenvalue weighted by Gasteiger charge is -2.37. The molecule has 2 saturated heterocycles. The molecule has 0 aromatic heterocycles. The van der Waals surface area contributed by atoms with Crippen molar-refractivity contribution in [3.05, 3.63) is 29.6 Å². The molecule has 0 bridgehead atoms. The number of nitrogens with one attached hydrogen (secondary N) is 1. The van der Waals surface area contributed by atoms with Gasteiger partial charge in [-0.3, -0.25) is 0 Å². The second-order valence-corrected chi connectivity index (χ2v) is 7.50. The highest BCUT2D eigenvalue weighted by atomic mass is 19.1. The van der Waals surface area contributed by atoms with Crippen molar-refractivity contribution in [2.24, 2.45) is 5.92 Å². The Labute approximate surface area is 159 Å². The molecule has 1 aromatic carbocycles. The maximum Gasteiger partial charge on any atom is 0.317 e. The molecule has 2 atom stereocenters. The van der Waals surface area contributed by atoms with Crippen LogP contribution in [-0.4, -0.2) is 49.3 Å². The average Bonchev–Trinajstić information content (AvgIpc) is 2.65. The quantitative estimate of drug-likeness (QED) is 0.883. The lowest BCUT2D eigenvalue weighted by atomic mass is 9.99. The zero-order valence-electron chi connectivity index (χ0n) is 15.9. The molecule has 3 rings (SSSR count). The fraction of sp³-hybridized carbons (Fsp3) is 0.600. The fourth-order valence-electron chi connectivity index (χ4n) is 3.79. The second kappa shape index (κ2) is 8.57. The van der Waals surface area contributed by atoms with Crippen LogP contribution < -0.4 is 10.2 Å². The minimum Gasteiger partial charge on any atom is -0.372 e. The van der Waals surface area contributed by atoms with E-state index in [0.29, 0.717) is 44.7 Å². The molecule has 7 heteroatoms. The monoisotopic (exact) mass is 374 g/mol. The van der Waals surface area contributed by atoms with E-state index in [2.05, 4.69) is 11.4 Å². The van der Waals surface area contributed by atoms with Crippen LogP contribution in [0.15, 0.2) is 18.2 Å². The summed E-state index contributed by atoms with van der Waals surface area (Å²) in [6, 6.07) is 7.21. The number of rotatable bonds is 3. The Morgan fingerprint density at radius 2 is 1.96 bits per heavy atom. The molecule has 0 aliphatic carbocycles. The molecule has 6 nitrogen and oxygen atoms in total. The predicted molar refractivity (Wildman–Crippen MR) is 101 cm³/mol. The Bertz CT molecular complexity index is 702. The van der Waals surface area contributed by atoms with Crippen molar-refractivity contribution < 1.29 is 13.9 Å². The molecule has 0 spiro atoms. The fourth-order valence-corrected chi connectivity index (χ4v) is 3.79. The van der Waals surface area contributed by atoms with Gasteiger partial charge in [0.15, 0.2) is 0 Å². The topological polar surface area (TPSA) is 68.6 Å². The third kappa shape index (κ3) is 4.89. The van der Waals surface area contributed by atoms with Crippen LogP contribution in [-0.2, 0) is 11.3 Å². The first kappa shape index (κ1) is 19.4. The van der Waals surface area contributed by atoms with Gasteiger partial charge in [-0.1, -0.05) is 6.07 Å². The van der Waals surface area contributed by atoms with E-state index >= 15 is 0 Å². The molecule has 146 valence electrons. The summed E-state index contributed by atoms with van der Waals surface area (Å²) < 4.78 is 20.3. The normalized spacial score (nSPS) is 23.8. The molecule has 2 aliphatic heterocycles. The summed E-state index contributed by atoms with van der Waals surface area (Å²) in [5, 5.41) is 11.8. The van der Waals surface area contributed by atoms with Crippen molar-refractivity contribution in [1.29, 1.82) is 5.26 Å². The summed E-state index contributed by atoms with van der Waals surface area (Å²) in [6.07, 6.45) is 1.56. The van der Waals surface area contributed by atoms with Crippen molar-refractivity contribution in [1.82, 2.24) is 10.2 Å². The summed E-state index contributed by atoms with van der Waals surface area (Å²) in [7, 11) is 0. The highest BCUT2D eigenvalue weighted by Crippen LogP contribution is 2.24. The van der Waals surface area contributed by atoms with Crippen molar-refractivity contribution in [3.63, 3.8) is 0 Å². The van der Waals surface area contributed by atoms with E-state index in [1.807, 2.05) is 24.8 Å². The van der Waals surface area contributed by atoms with Crippen LogP contribution in [0.4, 0.5) is 14.9 Å². The molecule has 2 amide bonds. The van der Waals surface area contributed by atoms with Gasteiger partial charge in [0.1, 0.15) is 5.82 Å². The number of urea groups is 1. The van der Waals surface area contributed by atoms with Gasteiger partial charge in [0.2, 0.25) is 0 Å². The number of nitrogens with zero attached hydrogens (tertiary/aromatic N) is 3. The van der Waals surface area contributed by atoms with E-state index < -0.39 is 0 Å². The first-order chi connectivity index (χ1) is 13.0. The number of amides is 2. The van der Waals surface area contributed by atoms with Crippen molar-refractivity contribution >= 4 is 11.7 Å². The maximum absolute atomic E-state index is 14.6. The van der Waals surface area contributed by atoms with Crippen molar-refractivity contribution in [3.8, 4) is 6.07 Å². The largest absolute Gasteiger partial charge is 0.372 e. The second-order valence-electron chi connectivity index (χ2n) is 7.50. The average molecular weight is 374 g/mol. The number of hydrogen-bond donors (Lipinski definition) is 1. The summed E-state index contributed by atoms with van der Waals surface area (Å²) in [5.74, 6) is -0.237. The number of benzene rings is 1. The third-order valence-electron chi connectivity index (χ3n) is 5.18. The van der Waals surface area contributed by atoms with Gasteiger partial charge in [-0.2, -0.15) is 5.26 Å². The van der Waals surface area contributed by atoms with Gasteiger partial charge in [-0.25, -0.2) is 9.18 Å². The van der Waals surface area contributed by atoms with Crippen molar-refractivity contribution in [2.75, 3.05) is 31.1 Å². The van der Waals surface area contributed by atoms with Crippen LogP contribution in [0.5, 0.6) is 0 Å². The van der Waals surface area contributed by atoms with E-state index in [4.69, 9.17) is 10.00 Å². The van der Waals surface area contributed by atoms with E-state index in [0.717, 1.165) is 5.56 Å². The Hall–Kier alpha value is -2.33. The number of hydrogen-bond acceptors (Lipinski definition) is 4. The number of piperidine rings is 1. The van der Waals surface area contributed by atoms with Crippen LogP contribution in [0, 0.1) is 23.1 Å². The lowest BCUT2D eigenvalue weighted by molar-refractivity contribution is -0.00539. The molecule has 1 aromatic rings. The number of nitriles is 1.